The predicted octanol–water partition coefficient (Wildman–Crippen LogP) is -1.98. The largest absolute Gasteiger partial charge is 0.490 e. The van der Waals surface area contributed by atoms with E-state index in [4.69, 9.17) is 20.9 Å². The van der Waals surface area contributed by atoms with Gasteiger partial charge in [0.2, 0.25) is 0 Å². The maximum Gasteiger partial charge on any atom is 0.490 e. The van der Waals surface area contributed by atoms with Crippen LogP contribution in [0.15, 0.2) is 12.3 Å². The molecule has 16 heavy (non-hydrogen) atoms. The molecule has 0 aromatic carbocycles. The SMILES string of the molecule is Cc1cc(CC(N)C(=O)O)ncc1B(O)O. The molecule has 0 aliphatic rings. The number of carboxylic acids is 1. The van der Waals surface area contributed by atoms with Gasteiger partial charge in [0.1, 0.15) is 6.04 Å². The van der Waals surface area contributed by atoms with Crippen LogP contribution in [0.5, 0.6) is 0 Å². The molecule has 5 N–H and O–H groups in total. The van der Waals surface area contributed by atoms with Crippen LogP contribution in [0.4, 0.5) is 0 Å². The van der Waals surface area contributed by atoms with Crippen LogP contribution >= 0.6 is 0 Å². The molecule has 0 saturated heterocycles. The minimum absolute atomic E-state index is 0.109. The van der Waals surface area contributed by atoms with Gasteiger partial charge >= 0.3 is 13.1 Å². The normalized spacial score (nSPS) is 12.2. The summed E-state index contributed by atoms with van der Waals surface area (Å²) in [6.45, 7) is 1.69. The highest BCUT2D eigenvalue weighted by atomic mass is 16.4. The van der Waals surface area contributed by atoms with Crippen molar-refractivity contribution in [2.75, 3.05) is 0 Å². The maximum absolute atomic E-state index is 10.5. The Balaban J connectivity index is 2.85. The van der Waals surface area contributed by atoms with E-state index >= 15 is 0 Å². The first-order chi connectivity index (χ1) is 7.41. The molecule has 86 valence electrons. The number of aromatic nitrogens is 1. The van der Waals surface area contributed by atoms with E-state index in [1.165, 1.54) is 6.20 Å². The Hall–Kier alpha value is -1.44. The average molecular weight is 224 g/mol. The van der Waals surface area contributed by atoms with E-state index in [0.29, 0.717) is 16.7 Å². The molecule has 0 fully saturated rings. The Bertz CT molecular complexity index is 397. The number of nitrogens with two attached hydrogens (primary N) is 1. The third-order valence-electron chi connectivity index (χ3n) is 2.23. The number of aryl methyl sites for hydroxylation is 1. The van der Waals surface area contributed by atoms with E-state index in [0.717, 1.165) is 0 Å². The smallest absolute Gasteiger partial charge is 0.480 e. The van der Waals surface area contributed by atoms with Gasteiger partial charge in [0.25, 0.3) is 0 Å². The standard InChI is InChI=1S/C9H13BN2O4/c1-5-2-6(3-8(11)9(13)14)12-4-7(5)10(15)16/h2,4,8,15-16H,3,11H2,1H3,(H,13,14). The zero-order chi connectivity index (χ0) is 12.3. The second-order valence-corrected chi connectivity index (χ2v) is 3.55. The van der Waals surface area contributed by atoms with Gasteiger partial charge in [-0.2, -0.15) is 0 Å². The molecule has 0 bridgehead atoms. The number of pyridine rings is 1. The summed E-state index contributed by atoms with van der Waals surface area (Å²) in [6, 6.07) is 0.592. The quantitative estimate of drug-likeness (QED) is 0.440. The van der Waals surface area contributed by atoms with Crippen molar-refractivity contribution in [3.8, 4) is 0 Å². The van der Waals surface area contributed by atoms with Crippen molar-refractivity contribution < 1.29 is 19.9 Å². The second-order valence-electron chi connectivity index (χ2n) is 3.55. The van der Waals surface area contributed by atoms with Crippen LogP contribution < -0.4 is 11.2 Å². The molecule has 6 nitrogen and oxygen atoms in total. The minimum atomic E-state index is -1.57. The van der Waals surface area contributed by atoms with Crippen LogP contribution in [0.2, 0.25) is 0 Å². The Morgan fingerprint density at radius 3 is 2.69 bits per heavy atom. The highest BCUT2D eigenvalue weighted by Crippen LogP contribution is 2.02. The summed E-state index contributed by atoms with van der Waals surface area (Å²) in [6.07, 6.45) is 1.42. The van der Waals surface area contributed by atoms with Crippen LogP contribution in [0.1, 0.15) is 11.3 Å². The van der Waals surface area contributed by atoms with E-state index < -0.39 is 19.1 Å². The third kappa shape index (κ3) is 3.03. The molecule has 0 aliphatic heterocycles. The monoisotopic (exact) mass is 224 g/mol. The van der Waals surface area contributed by atoms with Crippen molar-refractivity contribution >= 4 is 18.6 Å². The first-order valence-corrected chi connectivity index (χ1v) is 4.71. The van der Waals surface area contributed by atoms with Gasteiger partial charge in [0.05, 0.1) is 0 Å². The molecule has 1 heterocycles. The first kappa shape index (κ1) is 12.6. The fraction of sp³-hybridized carbons (Fsp3) is 0.333. The van der Waals surface area contributed by atoms with E-state index in [-0.39, 0.29) is 6.42 Å². The van der Waals surface area contributed by atoms with Gasteiger partial charge in [-0.05, 0) is 18.6 Å². The second kappa shape index (κ2) is 5.06. The Kier molecular flexibility index (Phi) is 4.00. The summed E-state index contributed by atoms with van der Waals surface area (Å²) in [5.41, 5.74) is 6.80. The summed E-state index contributed by atoms with van der Waals surface area (Å²) in [7, 11) is -1.57. The maximum atomic E-state index is 10.5. The third-order valence-corrected chi connectivity index (χ3v) is 2.23. The molecule has 0 radical (unpaired) electrons. The van der Waals surface area contributed by atoms with Crippen LogP contribution in [0.3, 0.4) is 0 Å². The summed E-state index contributed by atoms with van der Waals surface area (Å²) < 4.78 is 0. The van der Waals surface area contributed by atoms with Gasteiger partial charge in [-0.3, -0.25) is 9.78 Å². The fourth-order valence-electron chi connectivity index (χ4n) is 1.32. The number of hydrogen-bond acceptors (Lipinski definition) is 5. The van der Waals surface area contributed by atoms with Gasteiger partial charge in [-0.1, -0.05) is 0 Å². The van der Waals surface area contributed by atoms with Crippen molar-refractivity contribution in [2.24, 2.45) is 5.73 Å². The van der Waals surface area contributed by atoms with Crippen LogP contribution in [0, 0.1) is 6.92 Å². The Morgan fingerprint density at radius 2 is 2.25 bits per heavy atom. The minimum Gasteiger partial charge on any atom is -0.480 e. The van der Waals surface area contributed by atoms with Crippen LogP contribution in [-0.4, -0.2) is 39.3 Å². The zero-order valence-electron chi connectivity index (χ0n) is 8.79. The Labute approximate surface area is 92.9 Å². The van der Waals surface area contributed by atoms with E-state index in [9.17, 15) is 4.79 Å². The number of carboxylic acid groups (broad SMARTS) is 1. The van der Waals surface area contributed by atoms with E-state index in [1.807, 2.05) is 0 Å². The summed E-state index contributed by atoms with van der Waals surface area (Å²) in [5.74, 6) is -1.09. The van der Waals surface area contributed by atoms with Gasteiger partial charge in [0.15, 0.2) is 0 Å². The lowest BCUT2D eigenvalue weighted by Gasteiger charge is -2.09. The summed E-state index contributed by atoms with van der Waals surface area (Å²) in [5, 5.41) is 26.5. The van der Waals surface area contributed by atoms with Crippen molar-refractivity contribution in [1.29, 1.82) is 0 Å². The molecule has 1 rings (SSSR count). The topological polar surface area (TPSA) is 117 Å². The van der Waals surface area contributed by atoms with Crippen molar-refractivity contribution in [1.82, 2.24) is 4.98 Å². The van der Waals surface area contributed by atoms with Gasteiger partial charge in [-0.25, -0.2) is 0 Å². The predicted molar refractivity (Wildman–Crippen MR) is 58.1 cm³/mol. The number of rotatable bonds is 4. The highest BCUT2D eigenvalue weighted by Gasteiger charge is 2.17. The van der Waals surface area contributed by atoms with Crippen LogP contribution in [0.25, 0.3) is 0 Å². The molecular formula is C9H13BN2O4. The van der Waals surface area contributed by atoms with Gasteiger partial charge in [0, 0.05) is 23.8 Å². The van der Waals surface area contributed by atoms with Crippen molar-refractivity contribution in [2.45, 2.75) is 19.4 Å². The first-order valence-electron chi connectivity index (χ1n) is 4.71. The molecule has 0 saturated carbocycles. The molecule has 7 heteroatoms. The molecular weight excluding hydrogens is 211 g/mol. The number of hydrogen-bond donors (Lipinski definition) is 4. The van der Waals surface area contributed by atoms with Crippen molar-refractivity contribution in [3.63, 3.8) is 0 Å². The molecule has 0 spiro atoms. The van der Waals surface area contributed by atoms with Crippen molar-refractivity contribution in [3.05, 3.63) is 23.5 Å². The van der Waals surface area contributed by atoms with E-state index in [2.05, 4.69) is 4.98 Å². The highest BCUT2D eigenvalue weighted by molar-refractivity contribution is 6.59. The molecule has 1 unspecified atom stereocenters. The molecule has 0 amide bonds. The van der Waals surface area contributed by atoms with Gasteiger partial charge in [-0.15, -0.1) is 0 Å². The van der Waals surface area contributed by atoms with Crippen LogP contribution in [-0.2, 0) is 11.2 Å². The zero-order valence-corrected chi connectivity index (χ0v) is 8.79. The number of aliphatic carboxylic acids is 1. The molecule has 1 atom stereocenters. The summed E-state index contributed by atoms with van der Waals surface area (Å²) in [4.78, 5) is 14.5. The van der Waals surface area contributed by atoms with Gasteiger partial charge < -0.3 is 20.9 Å². The molecule has 0 aliphatic carbocycles. The molecule has 1 aromatic heterocycles. The van der Waals surface area contributed by atoms with E-state index in [1.54, 1.807) is 13.0 Å². The fourth-order valence-corrected chi connectivity index (χ4v) is 1.32. The lowest BCUT2D eigenvalue weighted by Crippen LogP contribution is -2.35. The number of carbonyl (C=O) groups is 1. The summed E-state index contributed by atoms with van der Waals surface area (Å²) >= 11 is 0. The molecule has 1 aromatic rings. The average Bonchev–Trinajstić information content (AvgIpc) is 2.16. The lowest BCUT2D eigenvalue weighted by atomic mass is 9.78. The Morgan fingerprint density at radius 1 is 1.62 bits per heavy atom. The lowest BCUT2D eigenvalue weighted by molar-refractivity contribution is -0.138. The number of nitrogens with zero attached hydrogens (tertiary/aromatic N) is 1.